The molecule has 0 spiro atoms. The molecule has 5 heterocycles. The topological polar surface area (TPSA) is 179 Å². The van der Waals surface area contributed by atoms with E-state index in [2.05, 4.69) is 41.0 Å². The lowest BCUT2D eigenvalue weighted by molar-refractivity contribution is -0.0384. The van der Waals surface area contributed by atoms with Gasteiger partial charge in [0.2, 0.25) is 11.8 Å². The summed E-state index contributed by atoms with van der Waals surface area (Å²) >= 11 is 0. The Labute approximate surface area is 235 Å². The lowest BCUT2D eigenvalue weighted by atomic mass is 10.1. The molecule has 0 radical (unpaired) electrons. The zero-order valence-electron chi connectivity index (χ0n) is 22.9. The van der Waals surface area contributed by atoms with E-state index in [0.29, 0.717) is 42.4 Å². The zero-order valence-corrected chi connectivity index (χ0v) is 22.9. The van der Waals surface area contributed by atoms with Gasteiger partial charge in [-0.25, -0.2) is 9.97 Å². The fourth-order valence-corrected chi connectivity index (χ4v) is 4.66. The third kappa shape index (κ3) is 5.46. The molecule has 0 unspecified atom stereocenters. The van der Waals surface area contributed by atoms with E-state index in [1.807, 2.05) is 62.0 Å². The number of aryl methyl sites for hydroxylation is 1. The average molecular weight is 561 g/mol. The van der Waals surface area contributed by atoms with Crippen LogP contribution in [0, 0.1) is 0 Å². The molecule has 0 amide bonds. The Balaban J connectivity index is 1.29. The summed E-state index contributed by atoms with van der Waals surface area (Å²) in [6, 6.07) is 9.93. The van der Waals surface area contributed by atoms with Crippen LogP contribution in [0.25, 0.3) is 11.2 Å². The van der Waals surface area contributed by atoms with Crippen LogP contribution in [0.4, 0.5) is 11.8 Å². The van der Waals surface area contributed by atoms with Crippen LogP contribution in [0.5, 0.6) is 0 Å². The summed E-state index contributed by atoms with van der Waals surface area (Å²) in [5, 5.41) is 40.9. The normalized spacial score (nSPS) is 20.7. The van der Waals surface area contributed by atoms with Gasteiger partial charge in [-0.3, -0.25) is 4.57 Å². The molecule has 1 saturated heterocycles. The largest absolute Gasteiger partial charge is 0.387 e. The van der Waals surface area contributed by atoms with Gasteiger partial charge < -0.3 is 30.2 Å². The molecule has 214 valence electrons. The van der Waals surface area contributed by atoms with Crippen molar-refractivity contribution in [1.29, 1.82) is 0 Å². The van der Waals surface area contributed by atoms with Gasteiger partial charge in [0.15, 0.2) is 29.3 Å². The number of nitrogens with zero attached hydrogens (tertiary/aromatic N) is 10. The highest BCUT2D eigenvalue weighted by molar-refractivity contribution is 5.84. The molecule has 4 N–H and O–H groups in total. The number of hydrogen-bond acceptors (Lipinski definition) is 12. The number of hydrogen-bond donors (Lipinski definition) is 4. The number of nitrogens with one attached hydrogen (secondary N) is 2. The first-order chi connectivity index (χ1) is 19.9. The summed E-state index contributed by atoms with van der Waals surface area (Å²) in [5.41, 5.74) is 2.94. The maximum Gasteiger partial charge on any atom is 0.226 e. The number of imidazole rings is 2. The maximum absolute atomic E-state index is 11.0. The minimum atomic E-state index is -1.29. The molecule has 15 heteroatoms. The molecule has 15 nitrogen and oxygen atoms in total. The van der Waals surface area contributed by atoms with Crippen LogP contribution in [-0.4, -0.2) is 78.2 Å². The minimum absolute atomic E-state index is 0.0183. The number of tetrazole rings is 1. The number of anilines is 2. The van der Waals surface area contributed by atoms with Gasteiger partial charge in [0.25, 0.3) is 0 Å². The van der Waals surface area contributed by atoms with Crippen molar-refractivity contribution < 1.29 is 14.9 Å². The fraction of sp³-hybridized carbons (Fsp3) is 0.423. The van der Waals surface area contributed by atoms with Crippen molar-refractivity contribution in [2.75, 3.05) is 17.2 Å². The van der Waals surface area contributed by atoms with Gasteiger partial charge in [-0.2, -0.15) is 14.8 Å². The smallest absolute Gasteiger partial charge is 0.226 e. The number of benzene rings is 1. The van der Waals surface area contributed by atoms with Crippen molar-refractivity contribution >= 4 is 22.9 Å². The Morgan fingerprint density at radius 1 is 1.02 bits per heavy atom. The van der Waals surface area contributed by atoms with E-state index in [-0.39, 0.29) is 11.9 Å². The second-order valence-electron chi connectivity index (χ2n) is 10.3. The SMILES string of the molecule is CC(C)n1nnc([C@H]2O[C@@H](n3cnc4c(NCc5ccccc5)nc(NCCc5cn(C)cn5)nc43)[C@H](O)[C@@H]2O)n1. The molecule has 6 rings (SSSR count). The van der Waals surface area contributed by atoms with E-state index in [1.165, 1.54) is 11.1 Å². The van der Waals surface area contributed by atoms with E-state index in [0.717, 1.165) is 11.3 Å². The summed E-state index contributed by atoms with van der Waals surface area (Å²) in [7, 11) is 1.93. The number of rotatable bonds is 10. The van der Waals surface area contributed by atoms with Gasteiger partial charge >= 0.3 is 0 Å². The van der Waals surface area contributed by atoms with Crippen molar-refractivity contribution in [1.82, 2.24) is 49.3 Å². The highest BCUT2D eigenvalue weighted by atomic mass is 16.6. The second-order valence-corrected chi connectivity index (χ2v) is 10.3. The zero-order chi connectivity index (χ0) is 28.5. The predicted molar refractivity (Wildman–Crippen MR) is 148 cm³/mol. The van der Waals surface area contributed by atoms with E-state index < -0.39 is 24.5 Å². The van der Waals surface area contributed by atoms with Crippen LogP contribution in [0.1, 0.15) is 49.3 Å². The molecule has 41 heavy (non-hydrogen) atoms. The van der Waals surface area contributed by atoms with Gasteiger partial charge in [0.1, 0.15) is 12.2 Å². The molecular weight excluding hydrogens is 528 g/mol. The first-order valence-electron chi connectivity index (χ1n) is 13.4. The summed E-state index contributed by atoms with van der Waals surface area (Å²) in [6.07, 6.45) is 1.37. The summed E-state index contributed by atoms with van der Waals surface area (Å²) in [5.74, 6) is 1.08. The van der Waals surface area contributed by atoms with E-state index >= 15 is 0 Å². The number of aliphatic hydroxyl groups is 2. The van der Waals surface area contributed by atoms with E-state index in [1.54, 1.807) is 10.9 Å². The Bertz CT molecular complexity index is 1610. The molecule has 4 atom stereocenters. The molecule has 1 aliphatic rings. The maximum atomic E-state index is 11.0. The van der Waals surface area contributed by atoms with Crippen LogP contribution in [0.3, 0.4) is 0 Å². The molecule has 1 fully saturated rings. The second kappa shape index (κ2) is 11.2. The Hall–Kier alpha value is -4.47. The van der Waals surface area contributed by atoms with Crippen molar-refractivity contribution in [2.45, 2.75) is 57.4 Å². The van der Waals surface area contributed by atoms with Gasteiger partial charge in [0.05, 0.1) is 24.4 Å². The van der Waals surface area contributed by atoms with Crippen LogP contribution in [0.2, 0.25) is 0 Å². The minimum Gasteiger partial charge on any atom is -0.387 e. The standard InChI is InChI=1S/C26H32N12O3/c1-15(2)38-34-23(33-35-38)21-19(39)20(40)25(41-21)37-14-30-18-22(28-11-16-7-5-4-6-8-16)31-26(32-24(18)37)27-10-9-17-12-36(3)13-29-17/h4-8,12-15,19-21,25,39-40H,9-11H2,1-3H3,(H2,27,28,31,32)/t19-,20+,21-,25+/m0/s1. The lowest BCUT2D eigenvalue weighted by Gasteiger charge is -2.17. The molecule has 0 bridgehead atoms. The summed E-state index contributed by atoms with van der Waals surface area (Å²) in [4.78, 5) is 19.7. The highest BCUT2D eigenvalue weighted by Crippen LogP contribution is 2.39. The Morgan fingerprint density at radius 2 is 1.85 bits per heavy atom. The molecule has 1 aromatic carbocycles. The molecule has 0 saturated carbocycles. The van der Waals surface area contributed by atoms with Crippen molar-refractivity contribution in [3.8, 4) is 0 Å². The third-order valence-electron chi connectivity index (χ3n) is 6.82. The summed E-state index contributed by atoms with van der Waals surface area (Å²) in [6.45, 7) is 4.90. The van der Waals surface area contributed by atoms with Crippen molar-refractivity contribution in [2.24, 2.45) is 7.05 Å². The number of fused-ring (bicyclic) bond motifs is 1. The molecule has 0 aliphatic carbocycles. The number of aromatic nitrogens is 10. The van der Waals surface area contributed by atoms with Crippen LogP contribution < -0.4 is 10.6 Å². The lowest BCUT2D eigenvalue weighted by Crippen LogP contribution is -2.29. The molecule has 1 aliphatic heterocycles. The van der Waals surface area contributed by atoms with Crippen LogP contribution in [0.15, 0.2) is 49.2 Å². The molecule has 5 aromatic rings. The molecular formula is C26H32N12O3. The first-order valence-corrected chi connectivity index (χ1v) is 13.4. The summed E-state index contributed by atoms with van der Waals surface area (Å²) < 4.78 is 9.59. The van der Waals surface area contributed by atoms with Gasteiger partial charge in [-0.1, -0.05) is 30.3 Å². The van der Waals surface area contributed by atoms with Gasteiger partial charge in [0, 0.05) is 32.8 Å². The van der Waals surface area contributed by atoms with Gasteiger partial charge in [-0.15, -0.1) is 10.2 Å². The average Bonchev–Trinajstić information content (AvgIpc) is 3.76. The van der Waals surface area contributed by atoms with Crippen LogP contribution in [-0.2, 0) is 24.8 Å². The Kier molecular flexibility index (Phi) is 7.30. The molecule has 4 aromatic heterocycles. The number of aliphatic hydroxyl groups excluding tert-OH is 2. The van der Waals surface area contributed by atoms with E-state index in [4.69, 9.17) is 9.72 Å². The van der Waals surface area contributed by atoms with Gasteiger partial charge in [-0.05, 0) is 24.6 Å². The van der Waals surface area contributed by atoms with Crippen LogP contribution >= 0.6 is 0 Å². The highest BCUT2D eigenvalue weighted by Gasteiger charge is 2.47. The quantitative estimate of drug-likeness (QED) is 0.193. The third-order valence-corrected chi connectivity index (χ3v) is 6.82. The number of ether oxygens (including phenoxy) is 1. The monoisotopic (exact) mass is 560 g/mol. The van der Waals surface area contributed by atoms with Crippen molar-refractivity contribution in [3.05, 3.63) is 66.3 Å². The Morgan fingerprint density at radius 3 is 2.59 bits per heavy atom. The van der Waals surface area contributed by atoms with Crippen molar-refractivity contribution in [3.63, 3.8) is 0 Å². The first kappa shape index (κ1) is 26.7. The fourth-order valence-electron chi connectivity index (χ4n) is 4.66. The predicted octanol–water partition coefficient (Wildman–Crippen LogP) is 1.39. The van der Waals surface area contributed by atoms with E-state index in [9.17, 15) is 10.2 Å².